The highest BCUT2D eigenvalue weighted by Crippen LogP contribution is 2.28. The van der Waals surface area contributed by atoms with Gasteiger partial charge in [-0.1, -0.05) is 50.1 Å². The smallest absolute Gasteiger partial charge is 0.332 e. The third kappa shape index (κ3) is 4.17. The van der Waals surface area contributed by atoms with Gasteiger partial charge in [0.2, 0.25) is 5.28 Å². The Hall–Kier alpha value is -3.06. The average molecular weight is 455 g/mol. The van der Waals surface area contributed by atoms with E-state index in [2.05, 4.69) is 29.0 Å². The van der Waals surface area contributed by atoms with E-state index in [4.69, 9.17) is 16.3 Å². The fraction of sp³-hybridized carbons (Fsp3) is 0.375. The zero-order valence-electron chi connectivity index (χ0n) is 18.4. The van der Waals surface area contributed by atoms with Gasteiger partial charge in [0.15, 0.2) is 11.2 Å². The van der Waals surface area contributed by atoms with Gasteiger partial charge in [-0.2, -0.15) is 4.98 Å². The Balaban J connectivity index is 1.63. The van der Waals surface area contributed by atoms with Crippen molar-refractivity contribution >= 4 is 33.5 Å². The highest BCUT2D eigenvalue weighted by atomic mass is 35.5. The van der Waals surface area contributed by atoms with Gasteiger partial charge in [-0.15, -0.1) is 0 Å². The topological polar surface area (TPSA) is 81.9 Å². The van der Waals surface area contributed by atoms with Gasteiger partial charge >= 0.3 is 5.69 Å². The van der Waals surface area contributed by atoms with Gasteiger partial charge < -0.3 is 9.72 Å². The number of fused-ring (bicyclic) bond motifs is 2. The molecule has 0 radical (unpaired) electrons. The molecular formula is C24H27ClN4O3. The number of methoxy groups -OCH3 is 1. The monoisotopic (exact) mass is 454 g/mol. The standard InChI is InChI=1S/C24H27ClN4O3/c1-3-4-5-14-28-21-20(26-23(25)27-21)22(30)29(24(28)31)15-8-10-16-9-6-12-18-17(16)11-7-13-19(18)32-2/h6-7,9,11-13H,3-5,8,10,14-15H2,1-2H3,(H,26,27). The molecule has 2 aromatic carbocycles. The zero-order chi connectivity index (χ0) is 22.7. The Morgan fingerprint density at radius 2 is 1.75 bits per heavy atom. The molecule has 0 unspecified atom stereocenters. The normalized spacial score (nSPS) is 11.5. The number of aromatic amines is 1. The van der Waals surface area contributed by atoms with E-state index >= 15 is 0 Å². The van der Waals surface area contributed by atoms with Crippen LogP contribution >= 0.6 is 11.6 Å². The van der Waals surface area contributed by atoms with Crippen molar-refractivity contribution in [3.8, 4) is 5.75 Å². The van der Waals surface area contributed by atoms with E-state index in [-0.39, 0.29) is 22.0 Å². The van der Waals surface area contributed by atoms with Crippen LogP contribution in [0, 0.1) is 0 Å². The number of nitrogens with one attached hydrogen (secondary N) is 1. The predicted molar refractivity (Wildman–Crippen MR) is 128 cm³/mol. The van der Waals surface area contributed by atoms with Crippen LogP contribution in [-0.2, 0) is 19.5 Å². The second-order valence-corrected chi connectivity index (χ2v) is 8.26. The van der Waals surface area contributed by atoms with E-state index in [0.29, 0.717) is 25.2 Å². The number of benzene rings is 2. The van der Waals surface area contributed by atoms with Crippen molar-refractivity contribution in [1.82, 2.24) is 19.1 Å². The van der Waals surface area contributed by atoms with Crippen molar-refractivity contribution in [2.45, 2.75) is 52.1 Å². The Morgan fingerprint density at radius 1 is 1.00 bits per heavy atom. The van der Waals surface area contributed by atoms with Gasteiger partial charge in [-0.05, 0) is 47.9 Å². The summed E-state index contributed by atoms with van der Waals surface area (Å²) in [6.07, 6.45) is 4.25. The van der Waals surface area contributed by atoms with Crippen LogP contribution in [0.1, 0.15) is 38.2 Å². The number of hydrogen-bond acceptors (Lipinski definition) is 4. The molecule has 7 nitrogen and oxygen atoms in total. The fourth-order valence-electron chi connectivity index (χ4n) is 4.23. The quantitative estimate of drug-likeness (QED) is 0.297. The van der Waals surface area contributed by atoms with Gasteiger partial charge in [0, 0.05) is 18.5 Å². The number of ether oxygens (including phenoxy) is 1. The second kappa shape index (κ2) is 9.61. The summed E-state index contributed by atoms with van der Waals surface area (Å²) in [4.78, 5) is 33.1. The predicted octanol–water partition coefficient (Wildman–Crippen LogP) is 4.52. The number of unbranched alkanes of at least 4 members (excludes halogenated alkanes) is 2. The minimum atomic E-state index is -0.379. The minimum absolute atomic E-state index is 0.114. The van der Waals surface area contributed by atoms with Crippen LogP contribution in [-0.4, -0.2) is 26.2 Å². The SMILES string of the molecule is CCCCCn1c(=O)n(CCCc2cccc3c(OC)cccc23)c(=O)c2[nH]c(Cl)nc21. The Morgan fingerprint density at radius 3 is 2.53 bits per heavy atom. The Bertz CT molecular complexity index is 1370. The minimum Gasteiger partial charge on any atom is -0.496 e. The molecule has 8 heteroatoms. The maximum atomic E-state index is 13.2. The Kier molecular flexibility index (Phi) is 6.65. The molecule has 0 saturated heterocycles. The first-order valence-corrected chi connectivity index (χ1v) is 11.4. The average Bonchev–Trinajstić information content (AvgIpc) is 3.19. The molecule has 0 spiro atoms. The van der Waals surface area contributed by atoms with Gasteiger partial charge in [-0.3, -0.25) is 13.9 Å². The number of halogens is 1. The van der Waals surface area contributed by atoms with Crippen molar-refractivity contribution < 1.29 is 4.74 Å². The molecule has 0 bridgehead atoms. The Labute approximate surface area is 190 Å². The molecule has 4 aromatic rings. The second-order valence-electron chi connectivity index (χ2n) is 7.90. The van der Waals surface area contributed by atoms with Crippen LogP contribution in [0.15, 0.2) is 46.0 Å². The van der Waals surface area contributed by atoms with Gasteiger partial charge in [0.05, 0.1) is 7.11 Å². The van der Waals surface area contributed by atoms with E-state index in [1.165, 1.54) is 4.57 Å². The molecule has 0 aliphatic rings. The molecule has 0 aliphatic heterocycles. The van der Waals surface area contributed by atoms with Crippen molar-refractivity contribution in [2.75, 3.05) is 7.11 Å². The van der Waals surface area contributed by atoms with Crippen LogP contribution < -0.4 is 16.0 Å². The molecule has 32 heavy (non-hydrogen) atoms. The number of rotatable bonds is 9. The molecule has 0 amide bonds. The van der Waals surface area contributed by atoms with Crippen LogP contribution in [0.2, 0.25) is 5.28 Å². The third-order valence-corrected chi connectivity index (χ3v) is 6.02. The van der Waals surface area contributed by atoms with E-state index in [1.807, 2.05) is 24.3 Å². The summed E-state index contributed by atoms with van der Waals surface area (Å²) in [5.41, 5.74) is 1.06. The van der Waals surface area contributed by atoms with E-state index in [0.717, 1.165) is 47.8 Å². The number of H-pyrrole nitrogens is 1. The molecule has 2 heterocycles. The van der Waals surface area contributed by atoms with Crippen LogP contribution in [0.25, 0.3) is 21.9 Å². The number of imidazole rings is 1. The molecule has 0 aliphatic carbocycles. The maximum absolute atomic E-state index is 13.2. The lowest BCUT2D eigenvalue weighted by atomic mass is 10.0. The molecule has 0 saturated carbocycles. The molecule has 4 rings (SSSR count). The molecule has 1 N–H and O–H groups in total. The van der Waals surface area contributed by atoms with Crippen LogP contribution in [0.5, 0.6) is 5.75 Å². The lowest BCUT2D eigenvalue weighted by Gasteiger charge is -2.12. The van der Waals surface area contributed by atoms with Crippen molar-refractivity contribution in [1.29, 1.82) is 0 Å². The third-order valence-electron chi connectivity index (χ3n) is 5.84. The first-order chi connectivity index (χ1) is 15.5. The van der Waals surface area contributed by atoms with Crippen LogP contribution in [0.3, 0.4) is 0 Å². The summed E-state index contributed by atoms with van der Waals surface area (Å²) in [6, 6.07) is 12.1. The van der Waals surface area contributed by atoms with Crippen molar-refractivity contribution in [2.24, 2.45) is 0 Å². The number of hydrogen-bond donors (Lipinski definition) is 1. The highest BCUT2D eigenvalue weighted by molar-refractivity contribution is 6.29. The molecule has 168 valence electrons. The summed E-state index contributed by atoms with van der Waals surface area (Å²) < 4.78 is 8.34. The summed E-state index contributed by atoms with van der Waals surface area (Å²) in [6.45, 7) is 2.93. The van der Waals surface area contributed by atoms with E-state index in [9.17, 15) is 9.59 Å². The van der Waals surface area contributed by atoms with Gasteiger partial charge in [-0.25, -0.2) is 4.79 Å². The number of aryl methyl sites for hydroxylation is 2. The molecular weight excluding hydrogens is 428 g/mol. The van der Waals surface area contributed by atoms with Crippen LogP contribution in [0.4, 0.5) is 0 Å². The van der Waals surface area contributed by atoms with Crippen molar-refractivity contribution in [3.05, 3.63) is 68.1 Å². The van der Waals surface area contributed by atoms with Gasteiger partial charge in [0.25, 0.3) is 5.56 Å². The van der Waals surface area contributed by atoms with Gasteiger partial charge in [0.1, 0.15) is 5.75 Å². The number of aromatic nitrogens is 4. The summed E-state index contributed by atoms with van der Waals surface area (Å²) in [5, 5.41) is 2.28. The first-order valence-electron chi connectivity index (χ1n) is 11.0. The summed E-state index contributed by atoms with van der Waals surface area (Å²) >= 11 is 6.02. The molecule has 0 fully saturated rings. The van der Waals surface area contributed by atoms with Crippen molar-refractivity contribution in [3.63, 3.8) is 0 Å². The zero-order valence-corrected chi connectivity index (χ0v) is 19.1. The summed E-state index contributed by atoms with van der Waals surface area (Å²) in [5.74, 6) is 0.831. The first kappa shape index (κ1) is 22.1. The van der Waals surface area contributed by atoms with E-state index in [1.54, 1.807) is 11.7 Å². The highest BCUT2D eigenvalue weighted by Gasteiger charge is 2.17. The fourth-order valence-corrected chi connectivity index (χ4v) is 4.40. The summed E-state index contributed by atoms with van der Waals surface area (Å²) in [7, 11) is 1.66. The lowest BCUT2D eigenvalue weighted by molar-refractivity contribution is 0.420. The molecule has 0 atom stereocenters. The van der Waals surface area contributed by atoms with E-state index < -0.39 is 0 Å². The lowest BCUT2D eigenvalue weighted by Crippen LogP contribution is -2.40. The molecule has 2 aromatic heterocycles. The maximum Gasteiger partial charge on any atom is 0.332 e. The number of nitrogens with zero attached hydrogens (tertiary/aromatic N) is 3. The largest absolute Gasteiger partial charge is 0.496 e.